The largest absolute Gasteiger partial charge is 0.309 e. The minimum Gasteiger partial charge on any atom is -0.309 e. The summed E-state index contributed by atoms with van der Waals surface area (Å²) in [6.45, 7) is 0. The van der Waals surface area contributed by atoms with Gasteiger partial charge in [0.15, 0.2) is 0 Å². The van der Waals surface area contributed by atoms with Gasteiger partial charge in [0.25, 0.3) is 0 Å². The Labute approximate surface area is 373 Å². The van der Waals surface area contributed by atoms with Crippen LogP contribution in [0.4, 0.5) is 17.1 Å². The zero-order chi connectivity index (χ0) is 42.4. The van der Waals surface area contributed by atoms with Crippen LogP contribution in [0.1, 0.15) is 0 Å². The predicted octanol–water partition coefficient (Wildman–Crippen LogP) is 17.2. The lowest BCUT2D eigenvalue weighted by molar-refractivity contribution is 1.18. The first-order valence-corrected chi connectivity index (χ1v) is 22.0. The molecule has 0 amide bonds. The molecule has 64 heavy (non-hydrogen) atoms. The monoisotopic (exact) mass is 814 g/mol. The van der Waals surface area contributed by atoms with E-state index in [0.29, 0.717) is 0 Å². The summed E-state index contributed by atoms with van der Waals surface area (Å²) in [6.07, 6.45) is 0. The minimum absolute atomic E-state index is 1.07. The summed E-state index contributed by atoms with van der Waals surface area (Å²) in [4.78, 5) is 2.52. The van der Waals surface area contributed by atoms with Gasteiger partial charge < -0.3 is 9.47 Å². The van der Waals surface area contributed by atoms with Gasteiger partial charge in [0.2, 0.25) is 0 Å². The smallest absolute Gasteiger partial charge is 0.0547 e. The molecule has 1 aromatic heterocycles. The van der Waals surface area contributed by atoms with Crippen LogP contribution < -0.4 is 4.90 Å². The quantitative estimate of drug-likeness (QED) is 0.139. The maximum atomic E-state index is 2.52. The number of hydrogen-bond acceptors (Lipinski definition) is 1. The molecule has 300 valence electrons. The second-order valence-electron chi connectivity index (χ2n) is 16.4. The van der Waals surface area contributed by atoms with Gasteiger partial charge in [-0.3, -0.25) is 0 Å². The number of rotatable bonds is 8. The number of aromatic nitrogens is 1. The molecule has 0 radical (unpaired) electrons. The van der Waals surface area contributed by atoms with Crippen LogP contribution in [0, 0.1) is 0 Å². The summed E-state index contributed by atoms with van der Waals surface area (Å²) >= 11 is 0. The third-order valence-corrected chi connectivity index (χ3v) is 12.8. The number of nitrogens with zero attached hydrogens (tertiary/aromatic N) is 2. The van der Waals surface area contributed by atoms with E-state index in [0.717, 1.165) is 33.9 Å². The lowest BCUT2D eigenvalue weighted by Gasteiger charge is -2.31. The van der Waals surface area contributed by atoms with E-state index in [1.165, 1.54) is 76.7 Å². The van der Waals surface area contributed by atoms with Gasteiger partial charge in [-0.05, 0) is 104 Å². The van der Waals surface area contributed by atoms with Crippen molar-refractivity contribution in [2.45, 2.75) is 0 Å². The second kappa shape index (κ2) is 15.8. The van der Waals surface area contributed by atoms with Crippen molar-refractivity contribution >= 4 is 60.4 Å². The first-order valence-electron chi connectivity index (χ1n) is 22.0. The number of para-hydroxylation sites is 2. The van der Waals surface area contributed by atoms with Gasteiger partial charge in [-0.15, -0.1) is 0 Å². The molecule has 12 rings (SSSR count). The van der Waals surface area contributed by atoms with Crippen molar-refractivity contribution in [2.24, 2.45) is 0 Å². The zero-order valence-corrected chi connectivity index (χ0v) is 35.1. The fourth-order valence-corrected chi connectivity index (χ4v) is 9.90. The molecule has 0 aliphatic rings. The lowest BCUT2D eigenvalue weighted by atomic mass is 9.87. The molecule has 0 saturated heterocycles. The van der Waals surface area contributed by atoms with E-state index in [9.17, 15) is 0 Å². The fraction of sp³-hybridized carbons (Fsp3) is 0. The Bertz CT molecular complexity index is 3660. The van der Waals surface area contributed by atoms with Crippen LogP contribution >= 0.6 is 0 Å². The first-order chi connectivity index (χ1) is 31.8. The summed E-state index contributed by atoms with van der Waals surface area (Å²) in [5.74, 6) is 0. The van der Waals surface area contributed by atoms with Gasteiger partial charge in [0.1, 0.15) is 0 Å². The molecule has 0 aliphatic carbocycles. The van der Waals surface area contributed by atoms with Crippen LogP contribution in [0.5, 0.6) is 0 Å². The van der Waals surface area contributed by atoms with E-state index >= 15 is 0 Å². The van der Waals surface area contributed by atoms with Crippen molar-refractivity contribution in [3.8, 4) is 50.2 Å². The molecule has 0 unspecified atom stereocenters. The molecule has 1 heterocycles. The molecule has 12 aromatic rings. The van der Waals surface area contributed by atoms with Crippen molar-refractivity contribution < 1.29 is 0 Å². The molecule has 2 heteroatoms. The normalized spacial score (nSPS) is 11.4. The third-order valence-electron chi connectivity index (χ3n) is 12.8. The average molecular weight is 815 g/mol. The van der Waals surface area contributed by atoms with E-state index in [4.69, 9.17) is 0 Å². The molecular formula is C62H42N2. The summed E-state index contributed by atoms with van der Waals surface area (Å²) < 4.78 is 2.40. The van der Waals surface area contributed by atoms with Crippen molar-refractivity contribution in [3.05, 3.63) is 255 Å². The Morgan fingerprint density at radius 3 is 1.61 bits per heavy atom. The Morgan fingerprint density at radius 1 is 0.281 bits per heavy atom. The Kier molecular flexibility index (Phi) is 9.20. The van der Waals surface area contributed by atoms with Gasteiger partial charge in [0.05, 0.1) is 22.4 Å². The highest BCUT2D eigenvalue weighted by molar-refractivity contribution is 6.16. The maximum Gasteiger partial charge on any atom is 0.0547 e. The van der Waals surface area contributed by atoms with E-state index in [1.54, 1.807) is 0 Å². The Hall–Kier alpha value is -8.46. The first kappa shape index (κ1) is 37.3. The predicted molar refractivity (Wildman–Crippen MR) is 272 cm³/mol. The van der Waals surface area contributed by atoms with Gasteiger partial charge in [-0.1, -0.05) is 206 Å². The molecule has 0 N–H and O–H groups in total. The summed E-state index contributed by atoms with van der Waals surface area (Å²) in [7, 11) is 0. The zero-order valence-electron chi connectivity index (χ0n) is 35.1. The van der Waals surface area contributed by atoms with Gasteiger partial charge >= 0.3 is 0 Å². The highest BCUT2D eigenvalue weighted by Crippen LogP contribution is 2.50. The van der Waals surface area contributed by atoms with Crippen LogP contribution in [0.3, 0.4) is 0 Å². The lowest BCUT2D eigenvalue weighted by Crippen LogP contribution is -2.13. The van der Waals surface area contributed by atoms with Crippen LogP contribution in [0.25, 0.3) is 93.5 Å². The Balaban J connectivity index is 1.15. The SMILES string of the molecule is c1ccc(-c2ccccc2-c2c(-c3ccccc3)cccc2N(c2cccc(-c3ccc4c5ccccc5n(-c5ccccc5)c4c3)c2)c2cc3ccccc3c3ccccc23)cc1. The van der Waals surface area contributed by atoms with Crippen molar-refractivity contribution in [3.63, 3.8) is 0 Å². The number of fused-ring (bicyclic) bond motifs is 6. The highest BCUT2D eigenvalue weighted by atomic mass is 15.1. The van der Waals surface area contributed by atoms with Gasteiger partial charge in [0, 0.05) is 33.1 Å². The molecule has 0 aliphatic heterocycles. The van der Waals surface area contributed by atoms with Crippen LogP contribution in [-0.2, 0) is 0 Å². The average Bonchev–Trinajstić information content (AvgIpc) is 3.71. The number of hydrogen-bond donors (Lipinski definition) is 0. The summed E-state index contributed by atoms with van der Waals surface area (Å²) in [5, 5.41) is 7.34. The number of anilines is 3. The Morgan fingerprint density at radius 2 is 0.828 bits per heavy atom. The van der Waals surface area contributed by atoms with E-state index in [1.807, 2.05) is 0 Å². The fourth-order valence-electron chi connectivity index (χ4n) is 9.90. The maximum absolute atomic E-state index is 2.52. The van der Waals surface area contributed by atoms with Gasteiger partial charge in [-0.2, -0.15) is 0 Å². The molecule has 2 nitrogen and oxygen atoms in total. The molecule has 0 atom stereocenters. The molecular weight excluding hydrogens is 773 g/mol. The summed E-state index contributed by atoms with van der Waals surface area (Å²) in [6, 6.07) is 92.9. The number of benzene rings is 11. The third kappa shape index (κ3) is 6.35. The van der Waals surface area contributed by atoms with Crippen molar-refractivity contribution in [2.75, 3.05) is 4.90 Å². The van der Waals surface area contributed by atoms with Crippen molar-refractivity contribution in [1.29, 1.82) is 0 Å². The minimum atomic E-state index is 1.07. The summed E-state index contributed by atoms with van der Waals surface area (Å²) in [5.41, 5.74) is 16.2. The van der Waals surface area contributed by atoms with Crippen LogP contribution in [0.2, 0.25) is 0 Å². The van der Waals surface area contributed by atoms with E-state index in [-0.39, 0.29) is 0 Å². The van der Waals surface area contributed by atoms with Crippen molar-refractivity contribution in [1.82, 2.24) is 4.57 Å². The highest BCUT2D eigenvalue weighted by Gasteiger charge is 2.25. The molecule has 11 aromatic carbocycles. The topological polar surface area (TPSA) is 8.17 Å². The molecule has 0 spiro atoms. The van der Waals surface area contributed by atoms with E-state index < -0.39 is 0 Å². The van der Waals surface area contributed by atoms with Gasteiger partial charge in [-0.25, -0.2) is 0 Å². The molecule has 0 saturated carbocycles. The van der Waals surface area contributed by atoms with Crippen LogP contribution in [0.15, 0.2) is 255 Å². The second-order valence-corrected chi connectivity index (χ2v) is 16.4. The standard InChI is InChI=1S/C62H42N2/c1-4-20-43(21-5-1)50-29-12-15-34-57(50)62-52(44-22-6-2-7-23-44)35-19-37-59(62)64(61-42-47-24-10-11-30-51(47)53-31-13-14-32-54(53)61)49-28-18-25-45(40-49)46-38-39-56-55-33-16-17-36-58(55)63(60(56)41-46)48-26-8-3-9-27-48/h1-42H. The van der Waals surface area contributed by atoms with Crippen LogP contribution in [-0.4, -0.2) is 4.57 Å². The van der Waals surface area contributed by atoms with E-state index in [2.05, 4.69) is 264 Å². The molecule has 0 bridgehead atoms. The molecule has 0 fully saturated rings.